The summed E-state index contributed by atoms with van der Waals surface area (Å²) in [5.41, 5.74) is 5.78. The van der Waals surface area contributed by atoms with E-state index in [-0.39, 0.29) is 50.5 Å². The highest BCUT2D eigenvalue weighted by Gasteiger charge is 2.65. The summed E-state index contributed by atoms with van der Waals surface area (Å²) in [6, 6.07) is 37.9. The lowest BCUT2D eigenvalue weighted by Gasteiger charge is -2.59. The first kappa shape index (κ1) is 47.1. The fourth-order valence-corrected chi connectivity index (χ4v) is 11.1. The molecule has 1 saturated heterocycles. The van der Waals surface area contributed by atoms with Crippen LogP contribution in [0, 0.1) is 17.8 Å². The van der Waals surface area contributed by atoms with Gasteiger partial charge in [-0.15, -0.1) is 6.58 Å². The molecule has 1 amide bonds. The molecule has 0 aromatic heterocycles. The highest BCUT2D eigenvalue weighted by Crippen LogP contribution is 2.62. The van der Waals surface area contributed by atoms with Crippen molar-refractivity contribution in [2.24, 2.45) is 22.9 Å². The molecule has 2 fully saturated rings. The number of aliphatic hydroxyl groups is 2. The second kappa shape index (κ2) is 22.0. The summed E-state index contributed by atoms with van der Waals surface area (Å²) >= 11 is 0. The molecule has 2 N–H and O–H groups in total. The van der Waals surface area contributed by atoms with E-state index in [1.807, 2.05) is 66.7 Å². The summed E-state index contributed by atoms with van der Waals surface area (Å²) in [6.07, 6.45) is 10.5. The van der Waals surface area contributed by atoms with Crippen molar-refractivity contribution in [1.29, 1.82) is 0 Å². The van der Waals surface area contributed by atoms with E-state index in [4.69, 9.17) is 33.7 Å². The number of benzene rings is 5. The number of methoxy groups -OCH3 is 1. The van der Waals surface area contributed by atoms with Crippen LogP contribution in [0.1, 0.15) is 81.3 Å². The molecule has 0 radical (unpaired) electrons. The van der Waals surface area contributed by atoms with E-state index >= 15 is 0 Å². The van der Waals surface area contributed by atoms with E-state index < -0.39 is 30.1 Å². The van der Waals surface area contributed by atoms with E-state index in [0.29, 0.717) is 42.4 Å². The van der Waals surface area contributed by atoms with Crippen molar-refractivity contribution in [3.63, 3.8) is 0 Å². The van der Waals surface area contributed by atoms with E-state index in [2.05, 4.69) is 61.2 Å². The van der Waals surface area contributed by atoms with Crippen LogP contribution in [0.4, 0.5) is 4.79 Å². The van der Waals surface area contributed by atoms with Gasteiger partial charge < -0.3 is 38.7 Å². The molecule has 1 saturated carbocycles. The Balaban J connectivity index is 1.22. The molecular weight excluding hydrogens is 857 g/mol. The van der Waals surface area contributed by atoms with Gasteiger partial charge in [0.15, 0.2) is 0 Å². The number of hydrogen-bond acceptors (Lipinski definition) is 10. The van der Waals surface area contributed by atoms with Gasteiger partial charge in [0.25, 0.3) is 0 Å². The molecule has 2 heterocycles. The molecule has 7 atom stereocenters. The first-order valence-electron chi connectivity index (χ1n) is 24.4. The SMILES string of the molecule is C=CCOC12Oc3ccc(Oc4ccc(-c5ccccc5)cc4)cc3C3C(CCCCO)C(CCCCO)C=C(C(=NOC4CCCCO4)CC1N(Cc1cccc4ccccc14)C(=O)OC)C32. The monoisotopic (exact) mass is 920 g/mol. The Hall–Kier alpha value is -5.98. The number of aliphatic hydroxyl groups excluding tert-OH is 2. The first-order valence-corrected chi connectivity index (χ1v) is 24.4. The number of hydrogen-bond donors (Lipinski definition) is 2. The van der Waals surface area contributed by atoms with Crippen molar-refractivity contribution < 1.29 is 43.5 Å². The summed E-state index contributed by atoms with van der Waals surface area (Å²) in [7, 11) is 1.41. The standard InChI is InChI=1S/C57H64N2O9/c1-3-33-65-57-52(59(56(62)63-2)38-43-21-15-20-41-18-7-8-22-46(41)43)37-50(58-68-53-24-11-14-34-64-53)48-35-42(19-9-12-31-60)47(23-10-13-32-61)54(55(48)57)49-36-45(29-30-51(49)67-57)66-44-27-25-40(26-28-44)39-16-5-4-6-17-39/h3-8,15-18,20-22,25-30,35-36,42,47,52-55,60-61H,1,9-14,19,23-24,31-34,37-38H2,2H3. The summed E-state index contributed by atoms with van der Waals surface area (Å²) < 4.78 is 33.1. The summed E-state index contributed by atoms with van der Waals surface area (Å²) in [5.74, 6) is -0.0994. The van der Waals surface area contributed by atoms with Gasteiger partial charge in [0.1, 0.15) is 23.3 Å². The normalized spacial score (nSPS) is 24.5. The van der Waals surface area contributed by atoms with Crippen molar-refractivity contribution in [3.8, 4) is 28.4 Å². The maximum Gasteiger partial charge on any atom is 0.410 e. The smallest absolute Gasteiger partial charge is 0.410 e. The lowest BCUT2D eigenvalue weighted by molar-refractivity contribution is -0.256. The molecule has 0 spiro atoms. The van der Waals surface area contributed by atoms with Crippen molar-refractivity contribution in [2.45, 2.75) is 94.8 Å². The molecule has 7 unspecified atom stereocenters. The number of carbonyl (C=O) groups is 1. The Morgan fingerprint density at radius 1 is 0.868 bits per heavy atom. The fraction of sp³-hybridized carbons (Fsp3) is 0.404. The minimum atomic E-state index is -1.46. The van der Waals surface area contributed by atoms with Crippen LogP contribution in [0.2, 0.25) is 0 Å². The van der Waals surface area contributed by atoms with Gasteiger partial charge in [-0.1, -0.05) is 115 Å². The van der Waals surface area contributed by atoms with Crippen LogP contribution in [0.15, 0.2) is 145 Å². The molecule has 11 nitrogen and oxygen atoms in total. The number of fused-ring (bicyclic) bond motifs is 3. The van der Waals surface area contributed by atoms with Crippen LogP contribution in [-0.4, -0.2) is 78.6 Å². The van der Waals surface area contributed by atoms with Crippen LogP contribution in [0.3, 0.4) is 0 Å². The maximum absolute atomic E-state index is 14.6. The number of nitrogens with zero attached hydrogens (tertiary/aromatic N) is 2. The number of oxime groups is 1. The Morgan fingerprint density at radius 3 is 2.38 bits per heavy atom. The third kappa shape index (κ3) is 9.94. The Kier molecular flexibility index (Phi) is 15.2. The summed E-state index contributed by atoms with van der Waals surface area (Å²) in [6.45, 7) is 5.22. The molecule has 9 rings (SSSR count). The second-order valence-electron chi connectivity index (χ2n) is 18.4. The number of amides is 1. The van der Waals surface area contributed by atoms with Crippen molar-refractivity contribution in [3.05, 3.63) is 151 Å². The average Bonchev–Trinajstić information content (AvgIpc) is 3.38. The Morgan fingerprint density at radius 2 is 1.62 bits per heavy atom. The average molecular weight is 921 g/mol. The van der Waals surface area contributed by atoms with Crippen LogP contribution in [0.25, 0.3) is 21.9 Å². The molecule has 5 aromatic carbocycles. The molecule has 2 aliphatic carbocycles. The van der Waals surface area contributed by atoms with E-state index in [1.54, 1.807) is 11.0 Å². The van der Waals surface area contributed by atoms with Gasteiger partial charge in [-0.25, -0.2) is 4.79 Å². The topological polar surface area (TPSA) is 129 Å². The van der Waals surface area contributed by atoms with E-state index in [0.717, 1.165) is 83.5 Å². The number of rotatable bonds is 19. The summed E-state index contributed by atoms with van der Waals surface area (Å²) in [5, 5.41) is 27.2. The van der Waals surface area contributed by atoms with Crippen LogP contribution in [-0.2, 0) is 25.6 Å². The lowest BCUT2D eigenvalue weighted by Crippen LogP contribution is -2.70. The van der Waals surface area contributed by atoms with Gasteiger partial charge in [0.2, 0.25) is 12.1 Å². The number of unbranched alkanes of at least 4 members (excludes halogenated alkanes) is 2. The third-order valence-corrected chi connectivity index (χ3v) is 14.3. The van der Waals surface area contributed by atoms with E-state index in [9.17, 15) is 15.0 Å². The largest absolute Gasteiger partial charge is 0.459 e. The maximum atomic E-state index is 14.6. The summed E-state index contributed by atoms with van der Waals surface area (Å²) in [4.78, 5) is 22.7. The molecule has 2 aliphatic heterocycles. The highest BCUT2D eigenvalue weighted by molar-refractivity contribution is 6.03. The van der Waals surface area contributed by atoms with Gasteiger partial charge in [0, 0.05) is 37.5 Å². The second-order valence-corrected chi connectivity index (χ2v) is 18.4. The van der Waals surface area contributed by atoms with Gasteiger partial charge in [-0.2, -0.15) is 0 Å². The molecular formula is C57H64N2O9. The van der Waals surface area contributed by atoms with Gasteiger partial charge in [-0.05, 0) is 114 Å². The quantitative estimate of drug-likeness (QED) is 0.0472. The van der Waals surface area contributed by atoms with Crippen LogP contribution in [0.5, 0.6) is 17.2 Å². The highest BCUT2D eigenvalue weighted by atomic mass is 16.8. The van der Waals surface area contributed by atoms with Crippen molar-refractivity contribution >= 4 is 22.6 Å². The van der Waals surface area contributed by atoms with Gasteiger partial charge in [-0.3, -0.25) is 4.90 Å². The minimum Gasteiger partial charge on any atom is -0.459 e. The van der Waals surface area contributed by atoms with Crippen LogP contribution >= 0.6 is 0 Å². The van der Waals surface area contributed by atoms with E-state index in [1.165, 1.54) is 7.11 Å². The number of allylic oxidation sites excluding steroid dienone is 1. The van der Waals surface area contributed by atoms with Gasteiger partial charge in [0.05, 0.1) is 38.5 Å². The fourth-order valence-electron chi connectivity index (χ4n) is 11.1. The van der Waals surface area contributed by atoms with Crippen LogP contribution < -0.4 is 9.47 Å². The third-order valence-electron chi connectivity index (χ3n) is 14.3. The first-order chi connectivity index (χ1) is 33.4. The minimum absolute atomic E-state index is 0.0380. The number of carbonyl (C=O) groups excluding carboxylic acids is 1. The predicted molar refractivity (Wildman–Crippen MR) is 263 cm³/mol. The molecule has 0 bridgehead atoms. The molecule has 5 aromatic rings. The zero-order chi connectivity index (χ0) is 46.9. The molecule has 4 aliphatic rings. The van der Waals surface area contributed by atoms with Crippen molar-refractivity contribution in [1.82, 2.24) is 4.90 Å². The van der Waals surface area contributed by atoms with Gasteiger partial charge >= 0.3 is 6.09 Å². The lowest BCUT2D eigenvalue weighted by atomic mass is 9.55. The molecule has 356 valence electrons. The molecule has 68 heavy (non-hydrogen) atoms. The van der Waals surface area contributed by atoms with Crippen molar-refractivity contribution in [2.75, 3.05) is 33.5 Å². The Labute approximate surface area is 400 Å². The predicted octanol–water partition coefficient (Wildman–Crippen LogP) is 11.7. The zero-order valence-electron chi connectivity index (χ0n) is 39.0. The number of ether oxygens (including phenoxy) is 5. The molecule has 11 heteroatoms. The zero-order valence-corrected chi connectivity index (χ0v) is 39.0. The Bertz CT molecular complexity index is 2550.